The first-order chi connectivity index (χ1) is 15.7. The van der Waals surface area contributed by atoms with Gasteiger partial charge in [-0.15, -0.1) is 12.4 Å². The maximum absolute atomic E-state index is 11.7. The molecule has 1 unspecified atom stereocenters. The number of nitro groups is 1. The Balaban J connectivity index is 0.00000228. The summed E-state index contributed by atoms with van der Waals surface area (Å²) in [6.07, 6.45) is 8.05. The van der Waals surface area contributed by atoms with Crippen molar-refractivity contribution in [3.63, 3.8) is 0 Å². The molecule has 1 aliphatic heterocycles. The predicted molar refractivity (Wildman–Crippen MR) is 137 cm³/mol. The van der Waals surface area contributed by atoms with Crippen molar-refractivity contribution < 1.29 is 4.92 Å². The summed E-state index contributed by atoms with van der Waals surface area (Å²) in [4.78, 5) is 15.6. The Hall–Kier alpha value is -3.50. The number of benzene rings is 4. The molecule has 1 heterocycles. The van der Waals surface area contributed by atoms with Crippen LogP contribution in [0.1, 0.15) is 46.6 Å². The van der Waals surface area contributed by atoms with Gasteiger partial charge in [-0.3, -0.25) is 15.1 Å². The van der Waals surface area contributed by atoms with Gasteiger partial charge in [-0.25, -0.2) is 0 Å². The van der Waals surface area contributed by atoms with Crippen molar-refractivity contribution in [2.24, 2.45) is 4.99 Å². The molecule has 0 bridgehead atoms. The second-order valence-corrected chi connectivity index (χ2v) is 8.65. The van der Waals surface area contributed by atoms with E-state index in [0.717, 1.165) is 17.5 Å². The smallest absolute Gasteiger partial charge is 0.261 e. The average Bonchev–Trinajstić information content (AvgIpc) is 3.03. The lowest BCUT2D eigenvalue weighted by Gasteiger charge is -2.21. The lowest BCUT2D eigenvalue weighted by molar-refractivity contribution is -0.375. The molecule has 0 aromatic heterocycles. The minimum Gasteiger partial charge on any atom is -0.261 e. The molecule has 0 spiro atoms. The summed E-state index contributed by atoms with van der Waals surface area (Å²) < 4.78 is 0. The molecule has 0 fully saturated rings. The van der Waals surface area contributed by atoms with E-state index >= 15 is 0 Å². The Morgan fingerprint density at radius 2 is 1.52 bits per heavy atom. The topological polar surface area (TPSA) is 55.5 Å². The fourth-order valence-corrected chi connectivity index (χ4v) is 5.47. The quantitative estimate of drug-likeness (QED) is 0.184. The number of halogens is 1. The monoisotopic (exact) mass is 454 g/mol. The molecule has 1 aliphatic carbocycles. The van der Waals surface area contributed by atoms with Crippen molar-refractivity contribution in [3.05, 3.63) is 111 Å². The summed E-state index contributed by atoms with van der Waals surface area (Å²) >= 11 is 0. The highest BCUT2D eigenvalue weighted by atomic mass is 35.5. The van der Waals surface area contributed by atoms with Gasteiger partial charge in [0, 0.05) is 12.1 Å². The maximum Gasteiger partial charge on any atom is 0.294 e. The largest absolute Gasteiger partial charge is 0.294 e. The molecule has 0 saturated heterocycles. The minimum absolute atomic E-state index is 0. The van der Waals surface area contributed by atoms with Crippen LogP contribution in [0.2, 0.25) is 0 Å². The molecule has 0 radical (unpaired) electrons. The van der Waals surface area contributed by atoms with Crippen LogP contribution in [0.15, 0.2) is 77.9 Å². The molecule has 4 nitrogen and oxygen atoms in total. The molecule has 164 valence electrons. The van der Waals surface area contributed by atoms with Gasteiger partial charge >= 0.3 is 0 Å². The molecule has 4 aromatic carbocycles. The van der Waals surface area contributed by atoms with Crippen molar-refractivity contribution in [3.8, 4) is 0 Å². The summed E-state index contributed by atoms with van der Waals surface area (Å²) in [5, 5.41) is 16.7. The summed E-state index contributed by atoms with van der Waals surface area (Å²) in [5.74, 6) is -0.154. The van der Waals surface area contributed by atoms with Crippen molar-refractivity contribution in [1.29, 1.82) is 0 Å². The molecule has 33 heavy (non-hydrogen) atoms. The standard InChI is InChI=1S/C28H22N2O2.ClH/c31-30(32)28-17-29-16-27(22-8-3-4-9-26(22)28)21-11-5-10-20-24-13-12-18-6-1-2-7-19(18)23(24)14-15-25(20)21;/h3-5,8-17,27H,1-2,6-7H2;1H. The van der Waals surface area contributed by atoms with Crippen molar-refractivity contribution in [2.45, 2.75) is 31.6 Å². The number of nitrogens with zero attached hydrogens (tertiary/aromatic N) is 2. The van der Waals surface area contributed by atoms with E-state index in [1.54, 1.807) is 0 Å². The number of hydrogen-bond donors (Lipinski definition) is 0. The van der Waals surface area contributed by atoms with E-state index in [2.05, 4.69) is 47.5 Å². The molecular formula is C28H23ClN2O2. The molecular weight excluding hydrogens is 432 g/mol. The van der Waals surface area contributed by atoms with Crippen molar-refractivity contribution >= 4 is 45.9 Å². The van der Waals surface area contributed by atoms with Gasteiger partial charge in [-0.1, -0.05) is 60.7 Å². The van der Waals surface area contributed by atoms with Gasteiger partial charge in [0.15, 0.2) is 0 Å². The summed E-state index contributed by atoms with van der Waals surface area (Å²) in [6.45, 7) is 0. The third-order valence-corrected chi connectivity index (χ3v) is 6.96. The van der Waals surface area contributed by atoms with E-state index in [9.17, 15) is 10.1 Å². The molecule has 0 N–H and O–H groups in total. The third kappa shape index (κ3) is 3.42. The Morgan fingerprint density at radius 3 is 2.39 bits per heavy atom. The highest BCUT2D eigenvalue weighted by Gasteiger charge is 2.26. The fraction of sp³-hybridized carbons (Fsp3) is 0.179. The van der Waals surface area contributed by atoms with Crippen LogP contribution in [0.4, 0.5) is 0 Å². The zero-order chi connectivity index (χ0) is 21.7. The number of fused-ring (bicyclic) bond motifs is 6. The SMILES string of the molecule is Cl.O=[N+]([O-])C1=CN=CC(c2cccc3c2ccc2c4c(ccc23)CCCC4)c2ccccc21. The lowest BCUT2D eigenvalue weighted by Crippen LogP contribution is -2.07. The first kappa shape index (κ1) is 21.4. The molecule has 1 atom stereocenters. The van der Waals surface area contributed by atoms with E-state index in [1.807, 2.05) is 30.5 Å². The maximum atomic E-state index is 11.7. The normalized spacial score (nSPS) is 17.0. The highest BCUT2D eigenvalue weighted by molar-refractivity contribution is 6.10. The zero-order valence-corrected chi connectivity index (χ0v) is 18.8. The van der Waals surface area contributed by atoms with Crippen LogP contribution >= 0.6 is 12.4 Å². The van der Waals surface area contributed by atoms with Gasteiger partial charge in [0.1, 0.15) is 6.20 Å². The van der Waals surface area contributed by atoms with E-state index in [0.29, 0.717) is 5.56 Å². The van der Waals surface area contributed by atoms with Gasteiger partial charge in [0.05, 0.1) is 10.5 Å². The van der Waals surface area contributed by atoms with Gasteiger partial charge in [0.2, 0.25) is 0 Å². The van der Waals surface area contributed by atoms with Crippen LogP contribution in [0.25, 0.3) is 27.2 Å². The van der Waals surface area contributed by atoms with Crippen molar-refractivity contribution in [2.75, 3.05) is 0 Å². The van der Waals surface area contributed by atoms with Crippen LogP contribution in [-0.4, -0.2) is 11.1 Å². The van der Waals surface area contributed by atoms with Gasteiger partial charge in [0.25, 0.3) is 5.70 Å². The number of rotatable bonds is 2. The fourth-order valence-electron chi connectivity index (χ4n) is 5.47. The van der Waals surface area contributed by atoms with Crippen LogP contribution < -0.4 is 0 Å². The summed E-state index contributed by atoms with van der Waals surface area (Å²) in [6, 6.07) is 23.1. The second-order valence-electron chi connectivity index (χ2n) is 8.65. The van der Waals surface area contributed by atoms with Gasteiger partial charge < -0.3 is 0 Å². The number of hydrogen-bond acceptors (Lipinski definition) is 3. The van der Waals surface area contributed by atoms with Gasteiger partial charge in [-0.2, -0.15) is 0 Å². The number of aliphatic imine (C=N–C) groups is 1. The summed E-state index contributed by atoms with van der Waals surface area (Å²) in [7, 11) is 0. The first-order valence-corrected chi connectivity index (χ1v) is 11.2. The Bertz CT molecular complexity index is 1470. The van der Waals surface area contributed by atoms with Crippen LogP contribution in [0, 0.1) is 10.1 Å². The Labute approximate surface area is 198 Å². The van der Waals surface area contributed by atoms with E-state index in [-0.39, 0.29) is 28.9 Å². The summed E-state index contributed by atoms with van der Waals surface area (Å²) in [5.41, 5.74) is 5.69. The first-order valence-electron chi connectivity index (χ1n) is 11.2. The molecule has 0 amide bonds. The van der Waals surface area contributed by atoms with E-state index in [1.165, 1.54) is 58.1 Å². The lowest BCUT2D eigenvalue weighted by atomic mass is 9.83. The molecule has 6 rings (SSSR count). The van der Waals surface area contributed by atoms with Crippen LogP contribution in [-0.2, 0) is 12.8 Å². The molecule has 5 heteroatoms. The van der Waals surface area contributed by atoms with Crippen molar-refractivity contribution in [1.82, 2.24) is 0 Å². The van der Waals surface area contributed by atoms with Crippen LogP contribution in [0.3, 0.4) is 0 Å². The highest BCUT2D eigenvalue weighted by Crippen LogP contribution is 2.39. The minimum atomic E-state index is -0.349. The van der Waals surface area contributed by atoms with E-state index < -0.39 is 0 Å². The van der Waals surface area contributed by atoms with Crippen LogP contribution in [0.5, 0.6) is 0 Å². The molecule has 4 aromatic rings. The zero-order valence-electron chi connectivity index (χ0n) is 18.0. The Kier molecular flexibility index (Phi) is 5.47. The average molecular weight is 455 g/mol. The van der Waals surface area contributed by atoms with Gasteiger partial charge in [-0.05, 0) is 75.5 Å². The Morgan fingerprint density at radius 1 is 0.788 bits per heavy atom. The molecule has 2 aliphatic rings. The third-order valence-electron chi connectivity index (χ3n) is 6.96. The second kappa shape index (κ2) is 8.45. The van der Waals surface area contributed by atoms with E-state index in [4.69, 9.17) is 0 Å². The molecule has 0 saturated carbocycles. The predicted octanol–water partition coefficient (Wildman–Crippen LogP) is 7.09. The number of aryl methyl sites for hydroxylation is 2.